The number of benzene rings is 1. The van der Waals surface area contributed by atoms with Crippen LogP contribution < -0.4 is 5.32 Å². The molecule has 1 aromatic carbocycles. The lowest BCUT2D eigenvalue weighted by atomic mass is 10.1. The molecule has 1 aliphatic rings. The molecule has 0 heterocycles. The summed E-state index contributed by atoms with van der Waals surface area (Å²) in [6.45, 7) is 5.54. The first-order valence-corrected chi connectivity index (χ1v) is 7.18. The highest BCUT2D eigenvalue weighted by molar-refractivity contribution is 7.99. The predicted molar refractivity (Wildman–Crippen MR) is 72.3 cm³/mol. The van der Waals surface area contributed by atoms with Crippen LogP contribution in [0.2, 0.25) is 0 Å². The molecule has 0 bridgehead atoms. The van der Waals surface area contributed by atoms with E-state index >= 15 is 0 Å². The van der Waals surface area contributed by atoms with Crippen LogP contribution in [-0.2, 0) is 0 Å². The molecule has 88 valence electrons. The molecule has 1 nitrogen and oxygen atoms in total. The van der Waals surface area contributed by atoms with E-state index in [2.05, 4.69) is 37.4 Å². The minimum atomic E-state index is 0.853. The second-order valence-electron chi connectivity index (χ2n) is 4.68. The molecule has 0 aromatic heterocycles. The summed E-state index contributed by atoms with van der Waals surface area (Å²) in [4.78, 5) is 1.41. The first-order chi connectivity index (χ1) is 7.75. The zero-order valence-electron chi connectivity index (χ0n) is 10.3. The Balaban J connectivity index is 1.65. The molecule has 2 rings (SSSR count). The quantitative estimate of drug-likeness (QED) is 0.598. The molecule has 1 N–H and O–H groups in total. The van der Waals surface area contributed by atoms with Gasteiger partial charge >= 0.3 is 0 Å². The number of rotatable bonds is 6. The Labute approximate surface area is 103 Å². The number of nitrogens with one attached hydrogen (secondary N) is 1. The fourth-order valence-electron chi connectivity index (χ4n) is 1.66. The number of hydrogen-bond acceptors (Lipinski definition) is 2. The Kier molecular flexibility index (Phi) is 4.30. The third-order valence-corrected chi connectivity index (χ3v) is 4.16. The molecule has 1 fully saturated rings. The van der Waals surface area contributed by atoms with Crippen LogP contribution in [0.1, 0.15) is 30.4 Å². The van der Waals surface area contributed by atoms with Gasteiger partial charge in [0.05, 0.1) is 0 Å². The van der Waals surface area contributed by atoms with Crippen LogP contribution in [-0.4, -0.2) is 18.3 Å². The summed E-state index contributed by atoms with van der Waals surface area (Å²) in [6.07, 6.45) is 4.06. The van der Waals surface area contributed by atoms with Crippen molar-refractivity contribution in [2.24, 2.45) is 0 Å². The van der Waals surface area contributed by atoms with Gasteiger partial charge in [-0.2, -0.15) is 0 Å². The Bertz CT molecular complexity index is 345. The summed E-state index contributed by atoms with van der Waals surface area (Å²) in [5.74, 6) is 1.22. The summed E-state index contributed by atoms with van der Waals surface area (Å²) in [7, 11) is 0. The van der Waals surface area contributed by atoms with Gasteiger partial charge in [-0.1, -0.05) is 6.07 Å². The van der Waals surface area contributed by atoms with Crippen molar-refractivity contribution in [1.82, 2.24) is 5.32 Å². The fraction of sp³-hybridized carbons (Fsp3) is 0.571. The van der Waals surface area contributed by atoms with E-state index in [0.717, 1.165) is 6.04 Å². The summed E-state index contributed by atoms with van der Waals surface area (Å²) < 4.78 is 0. The highest BCUT2D eigenvalue weighted by Crippen LogP contribution is 2.22. The predicted octanol–water partition coefficient (Wildman–Crippen LogP) is 3.54. The lowest BCUT2D eigenvalue weighted by molar-refractivity contribution is 0.674. The molecule has 0 atom stereocenters. The molecule has 0 amide bonds. The van der Waals surface area contributed by atoms with Crippen molar-refractivity contribution >= 4 is 11.8 Å². The summed E-state index contributed by atoms with van der Waals surface area (Å²) in [6, 6.07) is 7.61. The van der Waals surface area contributed by atoms with E-state index in [9.17, 15) is 0 Å². The van der Waals surface area contributed by atoms with E-state index in [0.29, 0.717) is 0 Å². The number of thioether (sulfide) groups is 1. The second-order valence-corrected chi connectivity index (χ2v) is 5.84. The first kappa shape index (κ1) is 12.0. The van der Waals surface area contributed by atoms with E-state index < -0.39 is 0 Å². The third-order valence-electron chi connectivity index (χ3n) is 3.08. The van der Waals surface area contributed by atoms with Crippen molar-refractivity contribution in [3.63, 3.8) is 0 Å². The van der Waals surface area contributed by atoms with Crippen molar-refractivity contribution < 1.29 is 0 Å². The van der Waals surface area contributed by atoms with Crippen molar-refractivity contribution in [2.45, 2.75) is 44.0 Å². The molecule has 1 saturated carbocycles. The molecule has 0 saturated heterocycles. The molecule has 0 radical (unpaired) electrons. The first-order valence-electron chi connectivity index (χ1n) is 6.19. The van der Waals surface area contributed by atoms with Gasteiger partial charge in [0, 0.05) is 10.9 Å². The average molecular weight is 235 g/mol. The standard InChI is InChI=1S/C14H21NS/c1-11-4-7-14(10-12(11)2)16-9-3-8-15-13-5-6-13/h4,7,10,13,15H,3,5-6,8-9H2,1-2H3. The van der Waals surface area contributed by atoms with Gasteiger partial charge < -0.3 is 5.32 Å². The van der Waals surface area contributed by atoms with Gasteiger partial charge in [0.2, 0.25) is 0 Å². The van der Waals surface area contributed by atoms with Crippen LogP contribution in [0.5, 0.6) is 0 Å². The fourth-order valence-corrected chi connectivity index (χ4v) is 2.61. The van der Waals surface area contributed by atoms with Gasteiger partial charge in [-0.3, -0.25) is 0 Å². The molecule has 1 aromatic rings. The van der Waals surface area contributed by atoms with Gasteiger partial charge in [-0.05, 0) is 68.7 Å². The summed E-state index contributed by atoms with van der Waals surface area (Å²) in [5, 5.41) is 3.55. The maximum Gasteiger partial charge on any atom is 0.00747 e. The van der Waals surface area contributed by atoms with Gasteiger partial charge in [0.25, 0.3) is 0 Å². The molecule has 0 unspecified atom stereocenters. The van der Waals surface area contributed by atoms with E-state index in [1.165, 1.54) is 47.6 Å². The van der Waals surface area contributed by atoms with Crippen molar-refractivity contribution in [1.29, 1.82) is 0 Å². The van der Waals surface area contributed by atoms with Crippen LogP contribution in [0.4, 0.5) is 0 Å². The molecular weight excluding hydrogens is 214 g/mol. The van der Waals surface area contributed by atoms with Crippen LogP contribution in [0.3, 0.4) is 0 Å². The Morgan fingerprint density at radius 1 is 1.25 bits per heavy atom. The lowest BCUT2D eigenvalue weighted by Crippen LogP contribution is -2.17. The van der Waals surface area contributed by atoms with Gasteiger partial charge in [-0.15, -0.1) is 11.8 Å². The topological polar surface area (TPSA) is 12.0 Å². The zero-order chi connectivity index (χ0) is 11.4. The highest BCUT2D eigenvalue weighted by Gasteiger charge is 2.19. The van der Waals surface area contributed by atoms with Gasteiger partial charge in [-0.25, -0.2) is 0 Å². The van der Waals surface area contributed by atoms with Crippen molar-refractivity contribution in [3.05, 3.63) is 29.3 Å². The molecular formula is C14H21NS. The third kappa shape index (κ3) is 3.84. The normalized spacial score (nSPS) is 15.4. The van der Waals surface area contributed by atoms with Crippen LogP contribution in [0, 0.1) is 13.8 Å². The molecule has 16 heavy (non-hydrogen) atoms. The van der Waals surface area contributed by atoms with E-state index in [1.807, 2.05) is 11.8 Å². The monoisotopic (exact) mass is 235 g/mol. The SMILES string of the molecule is Cc1ccc(SCCCNC2CC2)cc1C. The maximum absolute atomic E-state index is 3.55. The Hall–Kier alpha value is -0.470. The van der Waals surface area contributed by atoms with Crippen molar-refractivity contribution in [2.75, 3.05) is 12.3 Å². The maximum atomic E-state index is 3.55. The lowest BCUT2D eigenvalue weighted by Gasteiger charge is -2.05. The molecule has 0 spiro atoms. The number of aryl methyl sites for hydroxylation is 2. The molecule has 1 aliphatic carbocycles. The Morgan fingerprint density at radius 2 is 2.06 bits per heavy atom. The Morgan fingerprint density at radius 3 is 2.75 bits per heavy atom. The van der Waals surface area contributed by atoms with E-state index in [4.69, 9.17) is 0 Å². The van der Waals surface area contributed by atoms with E-state index in [-0.39, 0.29) is 0 Å². The van der Waals surface area contributed by atoms with Crippen molar-refractivity contribution in [3.8, 4) is 0 Å². The highest BCUT2D eigenvalue weighted by atomic mass is 32.2. The van der Waals surface area contributed by atoms with Crippen LogP contribution in [0.25, 0.3) is 0 Å². The summed E-state index contributed by atoms with van der Waals surface area (Å²) in [5.41, 5.74) is 2.79. The average Bonchev–Trinajstić information content (AvgIpc) is 3.07. The minimum absolute atomic E-state index is 0.853. The van der Waals surface area contributed by atoms with Crippen LogP contribution in [0.15, 0.2) is 23.1 Å². The second kappa shape index (κ2) is 5.74. The van der Waals surface area contributed by atoms with Gasteiger partial charge in [0.15, 0.2) is 0 Å². The smallest absolute Gasteiger partial charge is 0.00747 e. The van der Waals surface area contributed by atoms with Crippen LogP contribution >= 0.6 is 11.8 Å². The zero-order valence-corrected chi connectivity index (χ0v) is 11.1. The van der Waals surface area contributed by atoms with Gasteiger partial charge in [0.1, 0.15) is 0 Å². The number of hydrogen-bond donors (Lipinski definition) is 1. The van der Waals surface area contributed by atoms with E-state index in [1.54, 1.807) is 0 Å². The molecule has 2 heteroatoms. The summed E-state index contributed by atoms with van der Waals surface area (Å²) >= 11 is 1.98. The largest absolute Gasteiger partial charge is 0.314 e. The minimum Gasteiger partial charge on any atom is -0.314 e. The molecule has 0 aliphatic heterocycles.